The van der Waals surface area contributed by atoms with Gasteiger partial charge in [0.05, 0.1) is 18.8 Å². The summed E-state index contributed by atoms with van der Waals surface area (Å²) in [5.41, 5.74) is 2.31. The van der Waals surface area contributed by atoms with Crippen molar-refractivity contribution in [3.05, 3.63) is 70.8 Å². The first kappa shape index (κ1) is 24.8. The third-order valence-corrected chi connectivity index (χ3v) is 7.56. The van der Waals surface area contributed by atoms with Crippen LogP contribution in [0.15, 0.2) is 42.5 Å². The van der Waals surface area contributed by atoms with Gasteiger partial charge in [-0.2, -0.15) is 0 Å². The minimum atomic E-state index is -1.32. The summed E-state index contributed by atoms with van der Waals surface area (Å²) in [4.78, 5) is 28.7. The van der Waals surface area contributed by atoms with E-state index >= 15 is 0 Å². The molecule has 3 aliphatic heterocycles. The summed E-state index contributed by atoms with van der Waals surface area (Å²) < 4.78 is 48.4. The lowest BCUT2D eigenvalue weighted by molar-refractivity contribution is -0.137. The van der Waals surface area contributed by atoms with Gasteiger partial charge in [-0.15, -0.1) is 0 Å². The highest BCUT2D eigenvalue weighted by Crippen LogP contribution is 2.44. The highest BCUT2D eigenvalue weighted by molar-refractivity contribution is 5.89. The van der Waals surface area contributed by atoms with Gasteiger partial charge < -0.3 is 19.9 Å². The predicted octanol–water partition coefficient (Wildman–Crippen LogP) is 3.60. The molecule has 36 heavy (non-hydrogen) atoms. The van der Waals surface area contributed by atoms with Crippen LogP contribution in [-0.4, -0.2) is 60.5 Å². The normalized spacial score (nSPS) is 21.0. The molecule has 2 amide bonds. The molecule has 0 radical (unpaired) electrons. The number of carbonyl (C=O) groups is 2. The van der Waals surface area contributed by atoms with E-state index in [4.69, 9.17) is 4.74 Å². The Morgan fingerprint density at radius 2 is 1.86 bits per heavy atom. The van der Waals surface area contributed by atoms with Crippen LogP contribution in [0, 0.1) is 11.6 Å². The van der Waals surface area contributed by atoms with Gasteiger partial charge >= 0.3 is 0 Å². The van der Waals surface area contributed by atoms with Crippen molar-refractivity contribution in [3.63, 3.8) is 0 Å². The number of benzene rings is 2. The van der Waals surface area contributed by atoms with Crippen molar-refractivity contribution in [2.45, 2.75) is 50.1 Å². The van der Waals surface area contributed by atoms with Crippen LogP contribution >= 0.6 is 0 Å². The lowest BCUT2D eigenvalue weighted by atomic mass is 9.84. The van der Waals surface area contributed by atoms with E-state index in [1.54, 1.807) is 0 Å². The average molecular weight is 502 g/mol. The fourth-order valence-electron chi connectivity index (χ4n) is 5.64. The number of fused-ring (bicyclic) bond motifs is 2. The first-order valence-corrected chi connectivity index (χ1v) is 12.5. The second-order valence-electron chi connectivity index (χ2n) is 9.85. The number of piperidine rings is 1. The van der Waals surface area contributed by atoms with E-state index in [1.807, 2.05) is 17.0 Å². The molecule has 0 saturated carbocycles. The second kappa shape index (κ2) is 10.2. The molecule has 1 N–H and O–H groups in total. The number of halogens is 3. The molecule has 2 fully saturated rings. The molecule has 2 unspecified atom stereocenters. The topological polar surface area (TPSA) is 61.9 Å². The molecular weight excluding hydrogens is 471 g/mol. The molecule has 2 saturated heterocycles. The highest BCUT2D eigenvalue weighted by atomic mass is 19.2. The summed E-state index contributed by atoms with van der Waals surface area (Å²) in [6.07, 6.45) is 1.09. The van der Waals surface area contributed by atoms with Gasteiger partial charge in [-0.1, -0.05) is 30.3 Å². The average Bonchev–Trinajstić information content (AvgIpc) is 3.46. The third kappa shape index (κ3) is 4.86. The largest absolute Gasteiger partial charge is 0.365 e. The summed E-state index contributed by atoms with van der Waals surface area (Å²) in [5.74, 6) is -2.98. The molecule has 2 aromatic rings. The predicted molar refractivity (Wildman–Crippen MR) is 127 cm³/mol. The molecule has 2 aromatic carbocycles. The number of hydrogen-bond donors (Lipinski definition) is 1. The van der Waals surface area contributed by atoms with Crippen molar-refractivity contribution in [1.29, 1.82) is 0 Å². The molecule has 6 nitrogen and oxygen atoms in total. The van der Waals surface area contributed by atoms with Gasteiger partial charge in [0.2, 0.25) is 11.8 Å². The van der Waals surface area contributed by atoms with Crippen molar-refractivity contribution in [1.82, 2.24) is 15.1 Å². The molecule has 3 heterocycles. The van der Waals surface area contributed by atoms with Crippen LogP contribution in [0.1, 0.15) is 48.4 Å². The van der Waals surface area contributed by atoms with Crippen LogP contribution < -0.4 is 5.32 Å². The van der Waals surface area contributed by atoms with Crippen molar-refractivity contribution in [2.75, 3.05) is 32.7 Å². The molecule has 2 atom stereocenters. The Hall–Kier alpha value is -2.91. The van der Waals surface area contributed by atoms with Crippen LogP contribution in [0.25, 0.3) is 0 Å². The minimum absolute atomic E-state index is 0.162. The SMILES string of the molecule is O=C(NCC(F)CN1CCC2(CC1)OCc1ccccc12)C(c1ccc(F)c(F)c1)N1CCCC1=O. The van der Waals surface area contributed by atoms with Crippen molar-refractivity contribution >= 4 is 11.8 Å². The molecule has 0 aromatic heterocycles. The van der Waals surface area contributed by atoms with E-state index in [2.05, 4.69) is 17.4 Å². The maximum atomic E-state index is 14.9. The number of nitrogens with zero attached hydrogens (tertiary/aromatic N) is 2. The van der Waals surface area contributed by atoms with E-state index in [9.17, 15) is 22.8 Å². The number of nitrogens with one attached hydrogen (secondary N) is 1. The van der Waals surface area contributed by atoms with E-state index in [0.717, 1.165) is 25.0 Å². The third-order valence-electron chi connectivity index (χ3n) is 7.56. The van der Waals surface area contributed by atoms with Crippen LogP contribution in [0.3, 0.4) is 0 Å². The van der Waals surface area contributed by atoms with E-state index in [-0.39, 0.29) is 36.6 Å². The van der Waals surface area contributed by atoms with Crippen molar-refractivity contribution in [3.8, 4) is 0 Å². The standard InChI is InChI=1S/C27H30F3N3O3/c28-20(16-32-12-9-27(10-13-32)21-5-2-1-4-19(21)17-36-27)15-31-26(35)25(33-11-3-6-24(33)34)18-7-8-22(29)23(30)14-18/h1-2,4-5,7-8,14,20,25H,3,6,9-13,15-17H2,(H,31,35). The van der Waals surface area contributed by atoms with E-state index in [1.165, 1.54) is 22.1 Å². The van der Waals surface area contributed by atoms with Crippen molar-refractivity contribution < 1.29 is 27.5 Å². The molecule has 0 aliphatic carbocycles. The zero-order chi connectivity index (χ0) is 25.3. The van der Waals surface area contributed by atoms with Gasteiger partial charge in [-0.3, -0.25) is 9.59 Å². The van der Waals surface area contributed by atoms with Gasteiger partial charge in [-0.25, -0.2) is 13.2 Å². The van der Waals surface area contributed by atoms with Crippen LogP contribution in [0.5, 0.6) is 0 Å². The van der Waals surface area contributed by atoms with Gasteiger partial charge in [-0.05, 0) is 48.1 Å². The zero-order valence-electron chi connectivity index (χ0n) is 20.0. The second-order valence-corrected chi connectivity index (χ2v) is 9.85. The number of likely N-dealkylation sites (tertiary alicyclic amines) is 2. The molecule has 3 aliphatic rings. The summed E-state index contributed by atoms with van der Waals surface area (Å²) in [7, 11) is 0. The van der Waals surface area contributed by atoms with Crippen molar-refractivity contribution in [2.24, 2.45) is 0 Å². The van der Waals surface area contributed by atoms with Gasteiger partial charge in [0.1, 0.15) is 12.2 Å². The Balaban J connectivity index is 1.17. The highest BCUT2D eigenvalue weighted by Gasteiger charge is 2.42. The van der Waals surface area contributed by atoms with Crippen LogP contribution in [-0.2, 0) is 26.5 Å². The van der Waals surface area contributed by atoms with Gasteiger partial charge in [0, 0.05) is 32.6 Å². The fourth-order valence-corrected chi connectivity index (χ4v) is 5.64. The number of alkyl halides is 1. The van der Waals surface area contributed by atoms with E-state index < -0.39 is 29.8 Å². The molecule has 9 heteroatoms. The Morgan fingerprint density at radius 3 is 2.58 bits per heavy atom. The smallest absolute Gasteiger partial charge is 0.247 e. The summed E-state index contributed by atoms with van der Waals surface area (Å²) >= 11 is 0. The summed E-state index contributed by atoms with van der Waals surface area (Å²) in [6, 6.07) is 10.2. The Kier molecular flexibility index (Phi) is 7.03. The number of hydrogen-bond acceptors (Lipinski definition) is 4. The Morgan fingerprint density at radius 1 is 1.08 bits per heavy atom. The lowest BCUT2D eigenvalue weighted by Gasteiger charge is -2.39. The maximum Gasteiger partial charge on any atom is 0.247 e. The number of rotatable bonds is 7. The quantitative estimate of drug-likeness (QED) is 0.630. The molecule has 5 rings (SSSR count). The first-order chi connectivity index (χ1) is 17.4. The van der Waals surface area contributed by atoms with Crippen LogP contribution in [0.4, 0.5) is 13.2 Å². The maximum absolute atomic E-state index is 14.9. The lowest BCUT2D eigenvalue weighted by Crippen LogP contribution is -2.47. The van der Waals surface area contributed by atoms with Gasteiger partial charge in [0.25, 0.3) is 0 Å². The molecule has 0 bridgehead atoms. The number of amides is 2. The van der Waals surface area contributed by atoms with Gasteiger partial charge in [0.15, 0.2) is 11.6 Å². The number of ether oxygens (including phenoxy) is 1. The molecule has 192 valence electrons. The summed E-state index contributed by atoms with van der Waals surface area (Å²) in [6.45, 7) is 2.23. The Bertz CT molecular complexity index is 1140. The van der Waals surface area contributed by atoms with E-state index in [0.29, 0.717) is 32.7 Å². The fraction of sp³-hybridized carbons (Fsp3) is 0.481. The Labute approximate surface area is 208 Å². The first-order valence-electron chi connectivity index (χ1n) is 12.5. The summed E-state index contributed by atoms with van der Waals surface area (Å²) in [5, 5.41) is 2.59. The number of carbonyl (C=O) groups excluding carboxylic acids is 2. The molecule has 1 spiro atoms. The molecular formula is C27H30F3N3O3. The monoisotopic (exact) mass is 501 g/mol. The van der Waals surface area contributed by atoms with Crippen LogP contribution in [0.2, 0.25) is 0 Å². The minimum Gasteiger partial charge on any atom is -0.365 e. The zero-order valence-corrected chi connectivity index (χ0v) is 20.0.